The normalized spacial score (nSPS) is 16.8. The average molecular weight is 409 g/mol. The molecule has 0 unspecified atom stereocenters. The van der Waals surface area contributed by atoms with Crippen LogP contribution in [0.5, 0.6) is 11.5 Å². The second-order valence-corrected chi connectivity index (χ2v) is 6.34. The van der Waals surface area contributed by atoms with Crippen LogP contribution in [0.3, 0.4) is 0 Å². The molecule has 1 aliphatic rings. The van der Waals surface area contributed by atoms with Gasteiger partial charge >= 0.3 is 6.03 Å². The molecule has 0 spiro atoms. The van der Waals surface area contributed by atoms with Gasteiger partial charge < -0.3 is 20.1 Å². The number of hydrogen-bond acceptors (Lipinski definition) is 4. The zero-order valence-corrected chi connectivity index (χ0v) is 16.0. The van der Waals surface area contributed by atoms with Gasteiger partial charge in [0, 0.05) is 11.3 Å². The number of halogens is 1. The smallest absolute Gasteiger partial charge is 0.319 e. The zero-order chi connectivity index (χ0) is 18.6. The molecule has 2 N–H and O–H groups in total. The van der Waals surface area contributed by atoms with Crippen LogP contribution in [-0.4, -0.2) is 25.0 Å². The molecule has 0 fully saturated rings. The molecule has 0 radical (unpaired) electrons. The van der Waals surface area contributed by atoms with E-state index >= 15 is 0 Å². The van der Waals surface area contributed by atoms with Crippen molar-refractivity contribution in [1.82, 2.24) is 10.6 Å². The lowest BCUT2D eigenvalue weighted by molar-refractivity contribution is -0.114. The van der Waals surface area contributed by atoms with Gasteiger partial charge in [0.2, 0.25) is 0 Å². The Morgan fingerprint density at radius 3 is 2.72 bits per heavy atom. The lowest BCUT2D eigenvalue weighted by Gasteiger charge is -2.28. The number of urea groups is 1. The van der Waals surface area contributed by atoms with Crippen molar-refractivity contribution in [3.05, 3.63) is 46.1 Å². The van der Waals surface area contributed by atoms with Crippen LogP contribution in [0.2, 0.25) is 0 Å². The molecule has 0 aromatic heterocycles. The topological polar surface area (TPSA) is 76.7 Å². The first-order chi connectivity index (χ1) is 11.9. The molecule has 1 atom stereocenters. The average Bonchev–Trinajstić information content (AvgIpc) is 2.53. The maximum absolute atomic E-state index is 12.1. The highest BCUT2D eigenvalue weighted by Crippen LogP contribution is 2.40. The second-order valence-electron chi connectivity index (χ2n) is 5.49. The largest absolute Gasteiger partial charge is 0.490 e. The summed E-state index contributed by atoms with van der Waals surface area (Å²) in [5.41, 5.74) is 1.77. The van der Waals surface area contributed by atoms with E-state index in [4.69, 9.17) is 9.47 Å². The Balaban J connectivity index is 2.54. The molecule has 0 saturated carbocycles. The third-order valence-corrected chi connectivity index (χ3v) is 4.25. The molecule has 0 aliphatic carbocycles. The summed E-state index contributed by atoms with van der Waals surface area (Å²) in [6, 6.07) is 2.68. The summed E-state index contributed by atoms with van der Waals surface area (Å²) in [5.74, 6) is 0.967. The summed E-state index contributed by atoms with van der Waals surface area (Å²) >= 11 is 3.48. The van der Waals surface area contributed by atoms with Gasteiger partial charge in [0.1, 0.15) is 6.61 Å². The van der Waals surface area contributed by atoms with Crippen molar-refractivity contribution in [3.8, 4) is 11.5 Å². The zero-order valence-electron chi connectivity index (χ0n) is 14.4. The van der Waals surface area contributed by atoms with Crippen molar-refractivity contribution in [2.24, 2.45) is 0 Å². The Morgan fingerprint density at radius 1 is 1.40 bits per heavy atom. The molecule has 6 nitrogen and oxygen atoms in total. The number of ether oxygens (including phenoxy) is 2. The van der Waals surface area contributed by atoms with Crippen molar-refractivity contribution < 1.29 is 19.1 Å². The standard InChI is InChI=1S/C18H21BrN2O4/c1-5-7-25-17-13(19)8-12(9-14(17)24-6-2)16-15(11(4)22)10(3)20-18(23)21-16/h5,8-9,16H,1,6-7H2,2-4H3,(H2,20,21,23)/t16-/m0/s1. The van der Waals surface area contributed by atoms with Crippen LogP contribution in [0.4, 0.5) is 4.79 Å². The van der Waals surface area contributed by atoms with Gasteiger partial charge in [0.05, 0.1) is 17.1 Å². The molecule has 1 heterocycles. The van der Waals surface area contributed by atoms with Crippen LogP contribution in [0.15, 0.2) is 40.5 Å². The third-order valence-electron chi connectivity index (χ3n) is 3.66. The number of hydrogen-bond donors (Lipinski definition) is 2. The molecule has 1 aromatic rings. The third kappa shape index (κ3) is 4.22. The molecule has 7 heteroatoms. The van der Waals surface area contributed by atoms with E-state index in [1.165, 1.54) is 6.92 Å². The summed E-state index contributed by atoms with van der Waals surface area (Å²) in [6.07, 6.45) is 1.64. The number of ketones is 1. The highest BCUT2D eigenvalue weighted by atomic mass is 79.9. The minimum atomic E-state index is -0.560. The first kappa shape index (κ1) is 19.1. The molecular weight excluding hydrogens is 388 g/mol. The molecular formula is C18H21BrN2O4. The number of Topliss-reactive ketones (excluding diaryl/α,β-unsaturated/α-hetero) is 1. The van der Waals surface area contributed by atoms with Gasteiger partial charge in [-0.25, -0.2) is 4.79 Å². The minimum absolute atomic E-state index is 0.115. The second kappa shape index (κ2) is 8.20. The van der Waals surface area contributed by atoms with Gasteiger partial charge in [-0.3, -0.25) is 4.79 Å². The van der Waals surface area contributed by atoms with Crippen LogP contribution in [-0.2, 0) is 4.79 Å². The van der Waals surface area contributed by atoms with Crippen LogP contribution in [0.1, 0.15) is 32.4 Å². The van der Waals surface area contributed by atoms with E-state index in [0.29, 0.717) is 40.5 Å². The predicted molar refractivity (Wildman–Crippen MR) is 98.8 cm³/mol. The fraction of sp³-hybridized carbons (Fsp3) is 0.333. The highest BCUT2D eigenvalue weighted by Gasteiger charge is 2.30. The number of rotatable bonds is 7. The molecule has 1 aromatic carbocycles. The van der Waals surface area contributed by atoms with E-state index in [2.05, 4.69) is 33.1 Å². The van der Waals surface area contributed by atoms with Gasteiger partial charge in [-0.05, 0) is 54.4 Å². The van der Waals surface area contributed by atoms with Crippen molar-refractivity contribution >= 4 is 27.7 Å². The van der Waals surface area contributed by atoms with Crippen molar-refractivity contribution in [2.75, 3.05) is 13.2 Å². The number of nitrogens with one attached hydrogen (secondary N) is 2. The Morgan fingerprint density at radius 2 is 2.12 bits per heavy atom. The van der Waals surface area contributed by atoms with Crippen LogP contribution < -0.4 is 20.1 Å². The van der Waals surface area contributed by atoms with Gasteiger partial charge in [0.25, 0.3) is 0 Å². The monoisotopic (exact) mass is 408 g/mol. The van der Waals surface area contributed by atoms with Crippen molar-refractivity contribution in [2.45, 2.75) is 26.8 Å². The molecule has 2 rings (SSSR count). The molecule has 2 amide bonds. The highest BCUT2D eigenvalue weighted by molar-refractivity contribution is 9.10. The molecule has 0 bridgehead atoms. The Bertz CT molecular complexity index is 743. The van der Waals surface area contributed by atoms with Gasteiger partial charge in [-0.1, -0.05) is 12.7 Å². The summed E-state index contributed by atoms with van der Waals surface area (Å²) in [4.78, 5) is 24.0. The van der Waals surface area contributed by atoms with Crippen molar-refractivity contribution in [1.29, 1.82) is 0 Å². The van der Waals surface area contributed by atoms with Crippen molar-refractivity contribution in [3.63, 3.8) is 0 Å². The van der Waals surface area contributed by atoms with Gasteiger partial charge in [-0.2, -0.15) is 0 Å². The summed E-state index contributed by atoms with van der Waals surface area (Å²) in [7, 11) is 0. The first-order valence-corrected chi connectivity index (χ1v) is 8.67. The van der Waals surface area contributed by atoms with E-state index in [1.807, 2.05) is 13.0 Å². The maximum atomic E-state index is 12.1. The number of carbonyl (C=O) groups excluding carboxylic acids is 2. The summed E-state index contributed by atoms with van der Waals surface area (Å²) in [5, 5.41) is 5.43. The van der Waals surface area contributed by atoms with E-state index in [0.717, 1.165) is 5.56 Å². The summed E-state index contributed by atoms with van der Waals surface area (Å²) < 4.78 is 12.0. The summed E-state index contributed by atoms with van der Waals surface area (Å²) in [6.45, 7) is 9.48. The number of carbonyl (C=O) groups is 2. The lowest BCUT2D eigenvalue weighted by atomic mass is 9.93. The fourth-order valence-corrected chi connectivity index (χ4v) is 3.28. The number of amides is 2. The van der Waals surface area contributed by atoms with E-state index in [1.54, 1.807) is 19.1 Å². The first-order valence-electron chi connectivity index (χ1n) is 7.88. The number of benzene rings is 1. The number of allylic oxidation sites excluding steroid dienone is 1. The lowest BCUT2D eigenvalue weighted by Crippen LogP contribution is -2.44. The Kier molecular flexibility index (Phi) is 6.25. The molecule has 134 valence electrons. The Hall–Kier alpha value is -2.28. The van der Waals surface area contributed by atoms with Crippen LogP contribution in [0.25, 0.3) is 0 Å². The minimum Gasteiger partial charge on any atom is -0.490 e. The van der Waals surface area contributed by atoms with E-state index in [9.17, 15) is 9.59 Å². The van der Waals surface area contributed by atoms with Gasteiger partial charge in [-0.15, -0.1) is 0 Å². The molecule has 25 heavy (non-hydrogen) atoms. The van der Waals surface area contributed by atoms with Crippen LogP contribution >= 0.6 is 15.9 Å². The fourth-order valence-electron chi connectivity index (χ4n) is 2.71. The molecule has 1 aliphatic heterocycles. The predicted octanol–water partition coefficient (Wildman–Crippen LogP) is 3.63. The van der Waals surface area contributed by atoms with Crippen LogP contribution in [0, 0.1) is 0 Å². The SMILES string of the molecule is C=CCOc1c(Br)cc([C@@H]2NC(=O)NC(C)=C2C(C)=O)cc1OCC. The molecule has 0 saturated heterocycles. The van der Waals surface area contributed by atoms with Gasteiger partial charge in [0.15, 0.2) is 17.3 Å². The quantitative estimate of drug-likeness (QED) is 0.675. The Labute approximate surface area is 155 Å². The van der Waals surface area contributed by atoms with E-state index < -0.39 is 6.04 Å². The van der Waals surface area contributed by atoms with E-state index in [-0.39, 0.29) is 11.8 Å². The maximum Gasteiger partial charge on any atom is 0.319 e.